The molecule has 3 heteroatoms. The fourth-order valence-corrected chi connectivity index (χ4v) is 1.62. The first-order chi connectivity index (χ1) is 6.81. The van der Waals surface area contributed by atoms with Crippen LogP contribution in [0.5, 0.6) is 0 Å². The third kappa shape index (κ3) is 2.84. The maximum absolute atomic E-state index is 4.56. The zero-order valence-corrected chi connectivity index (χ0v) is 9.51. The highest BCUT2D eigenvalue weighted by Gasteiger charge is 2.04. The first-order valence-corrected chi connectivity index (χ1v) is 5.52. The van der Waals surface area contributed by atoms with Crippen LogP contribution in [-0.4, -0.2) is 23.4 Å². The Balaban J connectivity index is 2.67. The van der Waals surface area contributed by atoms with Gasteiger partial charge < -0.3 is 5.32 Å². The number of aromatic nitrogens is 2. The fraction of sp³-hybridized carbons (Fsp3) is 0.727. The largest absolute Gasteiger partial charge is 0.319 e. The molecule has 1 aromatic rings. The fourth-order valence-electron chi connectivity index (χ4n) is 1.62. The summed E-state index contributed by atoms with van der Waals surface area (Å²) in [6.45, 7) is 6.34. The van der Waals surface area contributed by atoms with Gasteiger partial charge in [0.1, 0.15) is 0 Å². The lowest BCUT2D eigenvalue weighted by Gasteiger charge is -2.01. The molecule has 1 rings (SSSR count). The Morgan fingerprint density at radius 3 is 2.71 bits per heavy atom. The Hall–Kier alpha value is -0.830. The van der Waals surface area contributed by atoms with Gasteiger partial charge in [-0.1, -0.05) is 13.3 Å². The molecule has 0 radical (unpaired) electrons. The smallest absolute Gasteiger partial charge is 0.0640 e. The summed E-state index contributed by atoms with van der Waals surface area (Å²) in [6.07, 6.45) is 3.36. The van der Waals surface area contributed by atoms with E-state index in [2.05, 4.69) is 35.0 Å². The van der Waals surface area contributed by atoms with E-state index >= 15 is 0 Å². The molecule has 0 amide bonds. The van der Waals surface area contributed by atoms with E-state index in [4.69, 9.17) is 0 Å². The maximum Gasteiger partial charge on any atom is 0.0640 e. The van der Waals surface area contributed by atoms with Gasteiger partial charge >= 0.3 is 0 Å². The summed E-state index contributed by atoms with van der Waals surface area (Å²) >= 11 is 0. The van der Waals surface area contributed by atoms with Crippen molar-refractivity contribution >= 4 is 0 Å². The molecule has 14 heavy (non-hydrogen) atoms. The molecule has 0 aliphatic carbocycles. The van der Waals surface area contributed by atoms with Gasteiger partial charge in [0.25, 0.3) is 0 Å². The molecule has 0 spiro atoms. The van der Waals surface area contributed by atoms with Gasteiger partial charge in [0.2, 0.25) is 0 Å². The van der Waals surface area contributed by atoms with E-state index in [1.54, 1.807) is 0 Å². The van der Waals surface area contributed by atoms with Crippen molar-refractivity contribution in [3.63, 3.8) is 0 Å². The van der Waals surface area contributed by atoms with Crippen LogP contribution in [0.25, 0.3) is 0 Å². The highest BCUT2D eigenvalue weighted by Crippen LogP contribution is 2.07. The highest BCUT2D eigenvalue weighted by atomic mass is 15.3. The lowest BCUT2D eigenvalue weighted by molar-refractivity contribution is 0.605. The normalized spacial score (nSPS) is 10.8. The summed E-state index contributed by atoms with van der Waals surface area (Å²) in [6, 6.07) is 2.24. The number of hydrogen-bond donors (Lipinski definition) is 1. The van der Waals surface area contributed by atoms with E-state index < -0.39 is 0 Å². The molecule has 1 N–H and O–H groups in total. The van der Waals surface area contributed by atoms with Crippen LogP contribution in [0.4, 0.5) is 0 Å². The summed E-state index contributed by atoms with van der Waals surface area (Å²) < 4.78 is 2.12. The molecule has 0 aliphatic heterocycles. The van der Waals surface area contributed by atoms with Crippen LogP contribution >= 0.6 is 0 Å². The second-order valence-electron chi connectivity index (χ2n) is 3.55. The highest BCUT2D eigenvalue weighted by molar-refractivity contribution is 5.11. The lowest BCUT2D eigenvalue weighted by Crippen LogP contribution is -2.10. The molecule has 1 aromatic heterocycles. The molecule has 0 fully saturated rings. The molecule has 3 nitrogen and oxygen atoms in total. The predicted molar refractivity (Wildman–Crippen MR) is 59.5 cm³/mol. The zero-order chi connectivity index (χ0) is 10.4. The first-order valence-electron chi connectivity index (χ1n) is 5.52. The molecule has 0 saturated carbocycles. The minimum absolute atomic E-state index is 0.981. The van der Waals surface area contributed by atoms with E-state index in [1.807, 2.05) is 7.05 Å². The SMILES string of the molecule is CCCc1cc(CCNC)nn1CC. The van der Waals surface area contributed by atoms with Crippen LogP contribution in [-0.2, 0) is 19.4 Å². The number of nitrogens with zero attached hydrogens (tertiary/aromatic N) is 2. The lowest BCUT2D eigenvalue weighted by atomic mass is 10.2. The molecule has 0 saturated heterocycles. The standard InChI is InChI=1S/C11H21N3/c1-4-6-11-9-10(7-8-12-3)13-14(11)5-2/h9,12H,4-8H2,1-3H3. The third-order valence-corrected chi connectivity index (χ3v) is 2.35. The summed E-state index contributed by atoms with van der Waals surface area (Å²) in [5.74, 6) is 0. The van der Waals surface area contributed by atoms with Gasteiger partial charge in [-0.05, 0) is 26.5 Å². The maximum atomic E-state index is 4.56. The topological polar surface area (TPSA) is 29.9 Å². The van der Waals surface area contributed by atoms with Crippen LogP contribution in [0.15, 0.2) is 6.07 Å². The van der Waals surface area contributed by atoms with Gasteiger partial charge in [-0.15, -0.1) is 0 Å². The Labute approximate surface area is 86.5 Å². The Kier molecular flexibility index (Phi) is 4.66. The van der Waals surface area contributed by atoms with E-state index in [1.165, 1.54) is 17.8 Å². The Bertz CT molecular complexity index is 265. The molecular weight excluding hydrogens is 174 g/mol. The molecule has 0 aromatic carbocycles. The third-order valence-electron chi connectivity index (χ3n) is 2.35. The Morgan fingerprint density at radius 1 is 1.36 bits per heavy atom. The van der Waals surface area contributed by atoms with Crippen molar-refractivity contribution in [2.75, 3.05) is 13.6 Å². The minimum atomic E-state index is 0.981. The molecule has 1 heterocycles. The van der Waals surface area contributed by atoms with Gasteiger partial charge in [0.15, 0.2) is 0 Å². The van der Waals surface area contributed by atoms with Crippen LogP contribution in [0, 0.1) is 0 Å². The van der Waals surface area contributed by atoms with Gasteiger partial charge in [0, 0.05) is 25.2 Å². The van der Waals surface area contributed by atoms with Crippen molar-refractivity contribution < 1.29 is 0 Å². The second-order valence-corrected chi connectivity index (χ2v) is 3.55. The van der Waals surface area contributed by atoms with Gasteiger partial charge in [0.05, 0.1) is 5.69 Å². The molecule has 0 atom stereocenters. The average molecular weight is 195 g/mol. The Morgan fingerprint density at radius 2 is 2.14 bits per heavy atom. The summed E-state index contributed by atoms with van der Waals surface area (Å²) in [5, 5.41) is 7.71. The number of nitrogens with one attached hydrogen (secondary N) is 1. The zero-order valence-electron chi connectivity index (χ0n) is 9.51. The summed E-state index contributed by atoms with van der Waals surface area (Å²) in [7, 11) is 1.98. The van der Waals surface area contributed by atoms with Gasteiger partial charge in [-0.3, -0.25) is 4.68 Å². The van der Waals surface area contributed by atoms with E-state index in [0.717, 1.165) is 25.9 Å². The number of likely N-dealkylation sites (N-methyl/N-ethyl adjacent to an activating group) is 1. The second kappa shape index (κ2) is 5.81. The number of hydrogen-bond acceptors (Lipinski definition) is 2. The number of rotatable bonds is 6. The molecule has 0 bridgehead atoms. The van der Waals surface area contributed by atoms with E-state index in [9.17, 15) is 0 Å². The van der Waals surface area contributed by atoms with Crippen LogP contribution in [0.3, 0.4) is 0 Å². The van der Waals surface area contributed by atoms with Crippen molar-refractivity contribution in [3.8, 4) is 0 Å². The van der Waals surface area contributed by atoms with E-state index in [-0.39, 0.29) is 0 Å². The minimum Gasteiger partial charge on any atom is -0.319 e. The summed E-state index contributed by atoms with van der Waals surface area (Å²) in [5.41, 5.74) is 2.59. The van der Waals surface area contributed by atoms with Crippen molar-refractivity contribution in [1.82, 2.24) is 15.1 Å². The first kappa shape index (κ1) is 11.2. The van der Waals surface area contributed by atoms with Crippen molar-refractivity contribution in [1.29, 1.82) is 0 Å². The van der Waals surface area contributed by atoms with Crippen LogP contribution < -0.4 is 5.32 Å². The monoisotopic (exact) mass is 195 g/mol. The average Bonchev–Trinajstić information content (AvgIpc) is 2.58. The van der Waals surface area contributed by atoms with Crippen LogP contribution in [0.2, 0.25) is 0 Å². The van der Waals surface area contributed by atoms with Crippen molar-refractivity contribution in [2.24, 2.45) is 0 Å². The molecule has 80 valence electrons. The number of aryl methyl sites for hydroxylation is 2. The summed E-state index contributed by atoms with van der Waals surface area (Å²) in [4.78, 5) is 0. The van der Waals surface area contributed by atoms with Crippen molar-refractivity contribution in [2.45, 2.75) is 39.7 Å². The van der Waals surface area contributed by atoms with Gasteiger partial charge in [-0.25, -0.2) is 0 Å². The van der Waals surface area contributed by atoms with Crippen molar-refractivity contribution in [3.05, 3.63) is 17.5 Å². The van der Waals surface area contributed by atoms with E-state index in [0.29, 0.717) is 0 Å². The molecule has 0 unspecified atom stereocenters. The molecule has 0 aliphatic rings. The van der Waals surface area contributed by atoms with Gasteiger partial charge in [-0.2, -0.15) is 5.10 Å². The van der Waals surface area contributed by atoms with Crippen LogP contribution in [0.1, 0.15) is 31.7 Å². The predicted octanol–water partition coefficient (Wildman–Crippen LogP) is 1.62. The molecular formula is C11H21N3. The quantitative estimate of drug-likeness (QED) is 0.747.